The van der Waals surface area contributed by atoms with Gasteiger partial charge in [0.15, 0.2) is 0 Å². The van der Waals surface area contributed by atoms with E-state index in [2.05, 4.69) is 24.0 Å². The van der Waals surface area contributed by atoms with Crippen molar-refractivity contribution < 1.29 is 8.42 Å². The fraction of sp³-hybridized carbons (Fsp3) is 0.333. The molecule has 1 atom stereocenters. The van der Waals surface area contributed by atoms with E-state index in [0.29, 0.717) is 4.90 Å². The maximum Gasteiger partial charge on any atom is 0.244 e. The highest BCUT2D eigenvalue weighted by Gasteiger charge is 2.29. The van der Waals surface area contributed by atoms with Crippen molar-refractivity contribution in [1.82, 2.24) is 4.31 Å². The Balaban J connectivity index is 1.92. The van der Waals surface area contributed by atoms with Crippen molar-refractivity contribution in [2.24, 2.45) is 0 Å². The molecular weight excluding hydrogens is 366 g/mol. The smallest absolute Gasteiger partial charge is 0.207 e. The van der Waals surface area contributed by atoms with Crippen molar-refractivity contribution in [2.75, 3.05) is 6.54 Å². The molecule has 1 unspecified atom stereocenters. The Bertz CT molecular complexity index is 951. The first-order chi connectivity index (χ1) is 13.6. The van der Waals surface area contributed by atoms with Crippen LogP contribution >= 0.6 is 0 Å². The maximum absolute atomic E-state index is 13.4. The van der Waals surface area contributed by atoms with Gasteiger partial charge in [-0.3, -0.25) is 0 Å². The minimum absolute atomic E-state index is 0.156. The Kier molecular flexibility index (Phi) is 7.08. The van der Waals surface area contributed by atoms with Crippen LogP contribution in [-0.4, -0.2) is 25.3 Å². The molecule has 0 saturated heterocycles. The van der Waals surface area contributed by atoms with Gasteiger partial charge >= 0.3 is 0 Å². The molecule has 0 bridgehead atoms. The van der Waals surface area contributed by atoms with Gasteiger partial charge in [-0.25, -0.2) is 8.42 Å². The van der Waals surface area contributed by atoms with Crippen LogP contribution in [-0.2, 0) is 10.0 Å². The number of benzene rings is 2. The van der Waals surface area contributed by atoms with Gasteiger partial charge in [0.05, 0.1) is 11.4 Å². The summed E-state index contributed by atoms with van der Waals surface area (Å²) in [5, 5.41) is 0. The number of allylic oxidation sites excluding steroid dienone is 1. The minimum atomic E-state index is -3.62. The van der Waals surface area contributed by atoms with E-state index in [1.807, 2.05) is 49.4 Å². The Morgan fingerprint density at radius 3 is 2.50 bits per heavy atom. The number of hydrogen-bond donors (Lipinski definition) is 0. The SMILES string of the molecule is Cc1ccc(S(=O)(=O)N(CC#Cc2ccccc2)C2/C=C\CCCCC2)cc1. The van der Waals surface area contributed by atoms with E-state index in [1.54, 1.807) is 16.4 Å². The molecule has 0 fully saturated rings. The van der Waals surface area contributed by atoms with Crippen molar-refractivity contribution in [1.29, 1.82) is 0 Å². The van der Waals surface area contributed by atoms with Gasteiger partial charge in [0.1, 0.15) is 0 Å². The fourth-order valence-electron chi connectivity index (χ4n) is 3.35. The Morgan fingerprint density at radius 1 is 1.00 bits per heavy atom. The van der Waals surface area contributed by atoms with Gasteiger partial charge in [-0.15, -0.1) is 0 Å². The molecule has 2 aromatic carbocycles. The van der Waals surface area contributed by atoms with Crippen LogP contribution in [0.1, 0.15) is 43.2 Å². The Labute approximate surface area is 169 Å². The second-order valence-electron chi connectivity index (χ2n) is 7.16. The molecule has 146 valence electrons. The highest BCUT2D eigenvalue weighted by atomic mass is 32.2. The predicted molar refractivity (Wildman–Crippen MR) is 114 cm³/mol. The van der Waals surface area contributed by atoms with Crippen molar-refractivity contribution >= 4 is 10.0 Å². The summed E-state index contributed by atoms with van der Waals surface area (Å²) in [6, 6.07) is 16.6. The van der Waals surface area contributed by atoms with Gasteiger partial charge in [0, 0.05) is 11.6 Å². The lowest BCUT2D eigenvalue weighted by Gasteiger charge is -2.28. The van der Waals surface area contributed by atoms with Gasteiger partial charge in [0.2, 0.25) is 10.0 Å². The number of nitrogens with zero attached hydrogens (tertiary/aromatic N) is 1. The topological polar surface area (TPSA) is 37.4 Å². The first kappa shape index (κ1) is 20.4. The predicted octanol–water partition coefficient (Wildman–Crippen LogP) is 4.93. The molecule has 0 spiro atoms. The molecule has 0 saturated carbocycles. The van der Waals surface area contributed by atoms with Gasteiger partial charge in [-0.2, -0.15) is 4.31 Å². The molecule has 1 aliphatic rings. The molecule has 0 aromatic heterocycles. The average molecular weight is 394 g/mol. The van der Waals surface area contributed by atoms with Crippen molar-refractivity contribution in [2.45, 2.75) is 50.0 Å². The zero-order valence-electron chi connectivity index (χ0n) is 16.3. The van der Waals surface area contributed by atoms with Gasteiger partial charge in [-0.1, -0.05) is 72.7 Å². The minimum Gasteiger partial charge on any atom is -0.207 e. The van der Waals surface area contributed by atoms with Crippen molar-refractivity contribution in [3.8, 4) is 11.8 Å². The summed E-state index contributed by atoms with van der Waals surface area (Å²) in [6.45, 7) is 2.14. The molecule has 0 N–H and O–H groups in total. The first-order valence-corrected chi connectivity index (χ1v) is 11.3. The largest absolute Gasteiger partial charge is 0.244 e. The third-order valence-corrected chi connectivity index (χ3v) is 6.85. The van der Waals surface area contributed by atoms with Crippen LogP contribution < -0.4 is 0 Å². The normalized spacial score (nSPS) is 18.6. The molecule has 0 amide bonds. The van der Waals surface area contributed by atoms with Crippen LogP contribution in [0.15, 0.2) is 71.6 Å². The zero-order chi connectivity index (χ0) is 19.8. The van der Waals surface area contributed by atoms with Crippen molar-refractivity contribution in [3.63, 3.8) is 0 Å². The standard InChI is InChI=1S/C24H27NO2S/c1-21-16-18-24(19-17-21)28(26,27)25(23-14-8-3-2-4-9-15-23)20-10-13-22-11-6-5-7-12-22/h5-8,11-12,14,16-19,23H,2-4,9,15,20H2,1H3/b14-8-. The number of rotatable bonds is 4. The third-order valence-electron chi connectivity index (χ3n) is 4.97. The molecule has 0 aliphatic heterocycles. The van der Waals surface area contributed by atoms with Crippen molar-refractivity contribution in [3.05, 3.63) is 77.9 Å². The van der Waals surface area contributed by atoms with Gasteiger partial charge < -0.3 is 0 Å². The van der Waals surface area contributed by atoms with E-state index in [0.717, 1.165) is 36.8 Å². The molecule has 28 heavy (non-hydrogen) atoms. The molecule has 0 heterocycles. The van der Waals surface area contributed by atoms with E-state index in [9.17, 15) is 8.42 Å². The van der Waals surface area contributed by atoms with Crippen LogP contribution in [0.25, 0.3) is 0 Å². The quantitative estimate of drug-likeness (QED) is 0.546. The highest BCUT2D eigenvalue weighted by Crippen LogP contribution is 2.24. The summed E-state index contributed by atoms with van der Waals surface area (Å²) in [6.07, 6.45) is 9.33. The van der Waals surface area contributed by atoms with E-state index in [4.69, 9.17) is 0 Å². The Morgan fingerprint density at radius 2 is 1.75 bits per heavy atom. The van der Waals surface area contributed by atoms with Gasteiger partial charge in [-0.05, 0) is 50.5 Å². The molecular formula is C24H27NO2S. The number of hydrogen-bond acceptors (Lipinski definition) is 2. The number of sulfonamides is 1. The molecule has 2 aromatic rings. The Hall–Kier alpha value is -2.35. The van der Waals surface area contributed by atoms with E-state index in [-0.39, 0.29) is 12.6 Å². The van der Waals surface area contributed by atoms with E-state index in [1.165, 1.54) is 6.42 Å². The number of aryl methyl sites for hydroxylation is 1. The summed E-state index contributed by atoms with van der Waals surface area (Å²) in [7, 11) is -3.62. The summed E-state index contributed by atoms with van der Waals surface area (Å²) in [4.78, 5) is 0.329. The highest BCUT2D eigenvalue weighted by molar-refractivity contribution is 7.89. The van der Waals surface area contributed by atoms with Crippen LogP contribution in [0.2, 0.25) is 0 Å². The molecule has 3 rings (SSSR count). The van der Waals surface area contributed by atoms with Crippen LogP contribution in [0.5, 0.6) is 0 Å². The zero-order valence-corrected chi connectivity index (χ0v) is 17.2. The van der Waals surface area contributed by atoms with Crippen LogP contribution in [0.3, 0.4) is 0 Å². The summed E-state index contributed by atoms with van der Waals surface area (Å²) in [5.41, 5.74) is 1.93. The summed E-state index contributed by atoms with van der Waals surface area (Å²) < 4.78 is 28.4. The summed E-state index contributed by atoms with van der Waals surface area (Å²) >= 11 is 0. The average Bonchev–Trinajstić information content (AvgIpc) is 2.67. The molecule has 0 radical (unpaired) electrons. The monoisotopic (exact) mass is 393 g/mol. The lowest BCUT2D eigenvalue weighted by Crippen LogP contribution is -2.39. The third kappa shape index (κ3) is 5.34. The van der Waals surface area contributed by atoms with Gasteiger partial charge in [0.25, 0.3) is 0 Å². The lowest BCUT2D eigenvalue weighted by atomic mass is 10.0. The summed E-state index contributed by atoms with van der Waals surface area (Å²) in [5.74, 6) is 6.18. The second-order valence-corrected chi connectivity index (χ2v) is 9.06. The molecule has 4 heteroatoms. The second kappa shape index (κ2) is 9.73. The maximum atomic E-state index is 13.4. The van der Waals surface area contributed by atoms with E-state index >= 15 is 0 Å². The van der Waals surface area contributed by atoms with Crippen LogP contribution in [0.4, 0.5) is 0 Å². The first-order valence-electron chi connectivity index (χ1n) is 9.86. The van der Waals surface area contributed by atoms with Crippen LogP contribution in [0, 0.1) is 18.8 Å². The fourth-order valence-corrected chi connectivity index (χ4v) is 4.87. The molecule has 3 nitrogen and oxygen atoms in total. The van der Waals surface area contributed by atoms with E-state index < -0.39 is 10.0 Å². The lowest BCUT2D eigenvalue weighted by molar-refractivity contribution is 0.364. The molecule has 1 aliphatic carbocycles.